The Labute approximate surface area is 114 Å². The van der Waals surface area contributed by atoms with Gasteiger partial charge in [0, 0.05) is 12.1 Å². The molecule has 1 aliphatic rings. The maximum atomic E-state index is 11.8. The molecule has 0 saturated heterocycles. The van der Waals surface area contributed by atoms with Crippen LogP contribution < -0.4 is 10.1 Å². The Morgan fingerprint density at radius 3 is 2.84 bits per heavy atom. The minimum Gasteiger partial charge on any atom is -0.497 e. The lowest BCUT2D eigenvalue weighted by molar-refractivity contribution is -0.117. The summed E-state index contributed by atoms with van der Waals surface area (Å²) in [6.45, 7) is 0. The lowest BCUT2D eigenvalue weighted by Gasteiger charge is -2.21. The molecule has 1 aromatic carbocycles. The predicted molar refractivity (Wildman–Crippen MR) is 77.0 cm³/mol. The molecule has 1 amide bonds. The van der Waals surface area contributed by atoms with Crippen LogP contribution in [0.4, 0.5) is 0 Å². The highest BCUT2D eigenvalue weighted by Gasteiger charge is 2.13. The summed E-state index contributed by atoms with van der Waals surface area (Å²) in [6, 6.07) is 8.02. The molecule has 0 aromatic heterocycles. The van der Waals surface area contributed by atoms with E-state index in [4.69, 9.17) is 4.74 Å². The van der Waals surface area contributed by atoms with Crippen molar-refractivity contribution < 1.29 is 9.53 Å². The standard InChI is InChI=1S/C16H21NO2/c1-19-15-9-5-6-13(12-15)10-11-16(18)17-14-7-3-2-4-8-14/h5-6,9-12,14H,2-4,7-8H2,1H3,(H,17,18)/b11-10-. The van der Waals surface area contributed by atoms with Crippen LogP contribution >= 0.6 is 0 Å². The molecule has 1 N–H and O–H groups in total. The number of hydrogen-bond acceptors (Lipinski definition) is 2. The van der Waals surface area contributed by atoms with Crippen LogP contribution in [0.25, 0.3) is 6.08 Å². The second-order valence-corrected chi connectivity index (χ2v) is 4.95. The van der Waals surface area contributed by atoms with E-state index >= 15 is 0 Å². The first-order valence-corrected chi connectivity index (χ1v) is 6.90. The highest BCUT2D eigenvalue weighted by molar-refractivity contribution is 5.91. The van der Waals surface area contributed by atoms with Crippen molar-refractivity contribution >= 4 is 12.0 Å². The van der Waals surface area contributed by atoms with Crippen molar-refractivity contribution in [3.63, 3.8) is 0 Å². The van der Waals surface area contributed by atoms with Crippen molar-refractivity contribution in [1.82, 2.24) is 5.32 Å². The van der Waals surface area contributed by atoms with Crippen LogP contribution in [-0.4, -0.2) is 19.1 Å². The molecular weight excluding hydrogens is 238 g/mol. The fourth-order valence-electron chi connectivity index (χ4n) is 2.41. The summed E-state index contributed by atoms with van der Waals surface area (Å²) in [6.07, 6.45) is 9.39. The molecule has 0 spiro atoms. The lowest BCUT2D eigenvalue weighted by Crippen LogP contribution is -2.34. The lowest BCUT2D eigenvalue weighted by atomic mass is 9.95. The van der Waals surface area contributed by atoms with Crippen LogP contribution in [0, 0.1) is 0 Å². The van der Waals surface area contributed by atoms with Crippen LogP contribution in [-0.2, 0) is 4.79 Å². The summed E-state index contributed by atoms with van der Waals surface area (Å²) in [4.78, 5) is 11.8. The zero-order chi connectivity index (χ0) is 13.5. The van der Waals surface area contributed by atoms with Crippen molar-refractivity contribution in [2.75, 3.05) is 7.11 Å². The summed E-state index contributed by atoms with van der Waals surface area (Å²) >= 11 is 0. The molecule has 1 aliphatic carbocycles. The van der Waals surface area contributed by atoms with Gasteiger partial charge in [0.15, 0.2) is 0 Å². The summed E-state index contributed by atoms with van der Waals surface area (Å²) in [5, 5.41) is 3.06. The van der Waals surface area contributed by atoms with E-state index in [1.54, 1.807) is 13.2 Å². The van der Waals surface area contributed by atoms with Gasteiger partial charge in [-0.3, -0.25) is 4.79 Å². The smallest absolute Gasteiger partial charge is 0.244 e. The molecule has 19 heavy (non-hydrogen) atoms. The number of methoxy groups -OCH3 is 1. The number of ether oxygens (including phenoxy) is 1. The third-order valence-electron chi connectivity index (χ3n) is 3.47. The molecule has 3 heteroatoms. The Morgan fingerprint density at radius 2 is 2.11 bits per heavy atom. The van der Waals surface area contributed by atoms with Crippen molar-refractivity contribution in [2.24, 2.45) is 0 Å². The second-order valence-electron chi connectivity index (χ2n) is 4.95. The number of nitrogens with one attached hydrogen (secondary N) is 1. The van der Waals surface area contributed by atoms with Gasteiger partial charge in [0.2, 0.25) is 5.91 Å². The van der Waals surface area contributed by atoms with Crippen LogP contribution in [0.5, 0.6) is 5.75 Å². The predicted octanol–water partition coefficient (Wildman–Crippen LogP) is 3.16. The van der Waals surface area contributed by atoms with E-state index in [0.717, 1.165) is 24.2 Å². The fourth-order valence-corrected chi connectivity index (χ4v) is 2.41. The maximum Gasteiger partial charge on any atom is 0.244 e. The molecule has 0 unspecified atom stereocenters. The van der Waals surface area contributed by atoms with Crippen molar-refractivity contribution in [3.8, 4) is 5.75 Å². The van der Waals surface area contributed by atoms with E-state index in [0.29, 0.717) is 6.04 Å². The van der Waals surface area contributed by atoms with Crippen LogP contribution in [0.15, 0.2) is 30.3 Å². The van der Waals surface area contributed by atoms with Crippen LogP contribution in [0.3, 0.4) is 0 Å². The summed E-state index contributed by atoms with van der Waals surface area (Å²) in [7, 11) is 1.64. The monoisotopic (exact) mass is 259 g/mol. The van der Waals surface area contributed by atoms with Gasteiger partial charge in [-0.05, 0) is 36.6 Å². The van der Waals surface area contributed by atoms with Gasteiger partial charge in [-0.1, -0.05) is 31.4 Å². The van der Waals surface area contributed by atoms with E-state index in [1.807, 2.05) is 30.3 Å². The second kappa shape index (κ2) is 6.98. The third kappa shape index (κ3) is 4.43. The molecule has 0 radical (unpaired) electrons. The molecule has 1 saturated carbocycles. The average molecular weight is 259 g/mol. The number of hydrogen-bond donors (Lipinski definition) is 1. The normalized spacial score (nSPS) is 16.5. The van der Waals surface area contributed by atoms with E-state index in [9.17, 15) is 4.79 Å². The molecule has 2 rings (SSSR count). The van der Waals surface area contributed by atoms with Crippen molar-refractivity contribution in [3.05, 3.63) is 35.9 Å². The summed E-state index contributed by atoms with van der Waals surface area (Å²) < 4.78 is 5.15. The number of rotatable bonds is 4. The van der Waals surface area contributed by atoms with E-state index in [2.05, 4.69) is 5.32 Å². The van der Waals surface area contributed by atoms with E-state index in [-0.39, 0.29) is 5.91 Å². The molecule has 0 heterocycles. The minimum absolute atomic E-state index is 0.00489. The fraction of sp³-hybridized carbons (Fsp3) is 0.438. The van der Waals surface area contributed by atoms with Gasteiger partial charge in [-0.2, -0.15) is 0 Å². The van der Waals surface area contributed by atoms with Gasteiger partial charge in [-0.25, -0.2) is 0 Å². The molecule has 0 atom stereocenters. The van der Waals surface area contributed by atoms with E-state index in [1.165, 1.54) is 19.3 Å². The first-order chi connectivity index (χ1) is 9.28. The molecule has 3 nitrogen and oxygen atoms in total. The molecular formula is C16H21NO2. The summed E-state index contributed by atoms with van der Waals surface area (Å²) in [5.41, 5.74) is 0.971. The number of amides is 1. The molecule has 102 valence electrons. The van der Waals surface area contributed by atoms with Gasteiger partial charge < -0.3 is 10.1 Å². The molecule has 0 bridgehead atoms. The number of carbonyl (C=O) groups is 1. The highest BCUT2D eigenvalue weighted by atomic mass is 16.5. The SMILES string of the molecule is COc1cccc(/C=C\C(=O)NC2CCCCC2)c1. The first kappa shape index (κ1) is 13.7. The van der Waals surface area contributed by atoms with Gasteiger partial charge in [0.1, 0.15) is 5.75 Å². The topological polar surface area (TPSA) is 38.3 Å². The highest BCUT2D eigenvalue weighted by Crippen LogP contribution is 2.17. The third-order valence-corrected chi connectivity index (χ3v) is 3.47. The first-order valence-electron chi connectivity index (χ1n) is 6.90. The maximum absolute atomic E-state index is 11.8. The quantitative estimate of drug-likeness (QED) is 0.843. The van der Waals surface area contributed by atoms with Gasteiger partial charge in [0.05, 0.1) is 7.11 Å². The molecule has 1 aromatic rings. The average Bonchev–Trinajstić information content (AvgIpc) is 2.46. The summed E-state index contributed by atoms with van der Waals surface area (Å²) in [5.74, 6) is 0.796. The Balaban J connectivity index is 1.88. The van der Waals surface area contributed by atoms with Crippen LogP contribution in [0.1, 0.15) is 37.7 Å². The van der Waals surface area contributed by atoms with E-state index < -0.39 is 0 Å². The number of benzene rings is 1. The van der Waals surface area contributed by atoms with Crippen molar-refractivity contribution in [1.29, 1.82) is 0 Å². The van der Waals surface area contributed by atoms with Gasteiger partial charge >= 0.3 is 0 Å². The Hall–Kier alpha value is -1.77. The Morgan fingerprint density at radius 1 is 1.32 bits per heavy atom. The van der Waals surface area contributed by atoms with Gasteiger partial charge in [0.25, 0.3) is 0 Å². The minimum atomic E-state index is -0.00489. The van der Waals surface area contributed by atoms with Gasteiger partial charge in [-0.15, -0.1) is 0 Å². The number of carbonyl (C=O) groups excluding carboxylic acids is 1. The Bertz CT molecular complexity index is 448. The van der Waals surface area contributed by atoms with Crippen LogP contribution in [0.2, 0.25) is 0 Å². The zero-order valence-corrected chi connectivity index (χ0v) is 11.4. The largest absolute Gasteiger partial charge is 0.497 e. The Kier molecular flexibility index (Phi) is 5.01. The molecule has 0 aliphatic heterocycles. The van der Waals surface area contributed by atoms with Crippen molar-refractivity contribution in [2.45, 2.75) is 38.1 Å². The molecule has 1 fully saturated rings. The zero-order valence-electron chi connectivity index (χ0n) is 11.4.